The normalized spacial score (nSPS) is 11.1. The standard InChI is InChI=1S/C12H10BrN3S/c13-10-6-16(15-12(10)14)5-8-7-17-11-4-2-1-3-9(8)11/h1-4,6-7H,5H2,(H2,14,15). The summed E-state index contributed by atoms with van der Waals surface area (Å²) in [6.07, 6.45) is 1.90. The van der Waals surface area contributed by atoms with Crippen molar-refractivity contribution in [3.05, 3.63) is 45.9 Å². The summed E-state index contributed by atoms with van der Waals surface area (Å²) < 4.78 is 4.01. The lowest BCUT2D eigenvalue weighted by Gasteiger charge is -1.99. The van der Waals surface area contributed by atoms with Gasteiger partial charge in [0.25, 0.3) is 0 Å². The number of halogens is 1. The number of thiophene rings is 1. The van der Waals surface area contributed by atoms with Crippen LogP contribution in [-0.4, -0.2) is 9.78 Å². The number of nitrogens with two attached hydrogens (primary N) is 1. The second-order valence-corrected chi connectivity index (χ2v) is 5.58. The van der Waals surface area contributed by atoms with Gasteiger partial charge in [0.15, 0.2) is 5.82 Å². The van der Waals surface area contributed by atoms with Crippen LogP contribution in [0.5, 0.6) is 0 Å². The molecule has 2 heterocycles. The Balaban J connectivity index is 2.00. The zero-order valence-electron chi connectivity index (χ0n) is 8.93. The van der Waals surface area contributed by atoms with E-state index >= 15 is 0 Å². The van der Waals surface area contributed by atoms with E-state index in [1.807, 2.05) is 10.9 Å². The van der Waals surface area contributed by atoms with Gasteiger partial charge in [-0.15, -0.1) is 11.3 Å². The Labute approximate surface area is 111 Å². The van der Waals surface area contributed by atoms with Gasteiger partial charge in [-0.2, -0.15) is 5.10 Å². The SMILES string of the molecule is Nc1nn(Cc2csc3ccccc23)cc1Br. The summed E-state index contributed by atoms with van der Waals surface area (Å²) in [6.45, 7) is 0.750. The summed E-state index contributed by atoms with van der Waals surface area (Å²) >= 11 is 5.12. The molecule has 5 heteroatoms. The Hall–Kier alpha value is -1.33. The van der Waals surface area contributed by atoms with Gasteiger partial charge in [-0.1, -0.05) is 18.2 Å². The van der Waals surface area contributed by atoms with E-state index < -0.39 is 0 Å². The molecule has 0 spiro atoms. The highest BCUT2D eigenvalue weighted by Gasteiger charge is 2.06. The van der Waals surface area contributed by atoms with E-state index in [0.29, 0.717) is 5.82 Å². The lowest BCUT2D eigenvalue weighted by Crippen LogP contribution is -2.00. The maximum atomic E-state index is 5.71. The van der Waals surface area contributed by atoms with Crippen LogP contribution in [-0.2, 0) is 6.54 Å². The number of benzene rings is 1. The van der Waals surface area contributed by atoms with Crippen LogP contribution >= 0.6 is 27.3 Å². The van der Waals surface area contributed by atoms with E-state index in [9.17, 15) is 0 Å². The molecule has 0 atom stereocenters. The molecule has 0 saturated heterocycles. The summed E-state index contributed by atoms with van der Waals surface area (Å²) in [6, 6.07) is 8.40. The highest BCUT2D eigenvalue weighted by molar-refractivity contribution is 9.10. The Bertz CT molecular complexity index is 652. The smallest absolute Gasteiger partial charge is 0.159 e. The molecule has 86 valence electrons. The molecule has 0 aliphatic carbocycles. The second kappa shape index (κ2) is 4.16. The molecular formula is C12H10BrN3S. The molecule has 3 aromatic rings. The third-order valence-electron chi connectivity index (χ3n) is 2.64. The van der Waals surface area contributed by atoms with Gasteiger partial charge in [-0.25, -0.2) is 0 Å². The highest BCUT2D eigenvalue weighted by Crippen LogP contribution is 2.26. The number of hydrogen-bond donors (Lipinski definition) is 1. The molecule has 0 aliphatic heterocycles. The molecule has 2 aromatic heterocycles. The molecular weight excluding hydrogens is 298 g/mol. The minimum atomic E-state index is 0.532. The van der Waals surface area contributed by atoms with Crippen LogP contribution in [0.25, 0.3) is 10.1 Å². The largest absolute Gasteiger partial charge is 0.381 e. The van der Waals surface area contributed by atoms with Crippen LogP contribution in [0.3, 0.4) is 0 Å². The number of rotatable bonds is 2. The van der Waals surface area contributed by atoms with Crippen LogP contribution in [0.2, 0.25) is 0 Å². The van der Waals surface area contributed by atoms with Gasteiger partial charge in [-0.05, 0) is 38.3 Å². The quantitative estimate of drug-likeness (QED) is 0.787. The van der Waals surface area contributed by atoms with Crippen molar-refractivity contribution in [3.8, 4) is 0 Å². The minimum absolute atomic E-state index is 0.532. The van der Waals surface area contributed by atoms with Crippen LogP contribution in [0.15, 0.2) is 40.3 Å². The lowest BCUT2D eigenvalue weighted by molar-refractivity contribution is 0.694. The second-order valence-electron chi connectivity index (χ2n) is 3.82. The molecule has 0 saturated carbocycles. The molecule has 0 bridgehead atoms. The fourth-order valence-corrected chi connectivity index (χ4v) is 3.09. The van der Waals surface area contributed by atoms with Crippen molar-refractivity contribution in [2.75, 3.05) is 5.73 Å². The predicted molar refractivity (Wildman–Crippen MR) is 75.3 cm³/mol. The van der Waals surface area contributed by atoms with E-state index in [4.69, 9.17) is 5.73 Å². The Kier molecular flexibility index (Phi) is 2.64. The van der Waals surface area contributed by atoms with Crippen molar-refractivity contribution in [3.63, 3.8) is 0 Å². The average Bonchev–Trinajstić information content (AvgIpc) is 2.85. The van der Waals surface area contributed by atoms with Crippen molar-refractivity contribution in [2.45, 2.75) is 6.54 Å². The van der Waals surface area contributed by atoms with Gasteiger partial charge in [0, 0.05) is 10.9 Å². The van der Waals surface area contributed by atoms with Crippen LogP contribution in [0, 0.1) is 0 Å². The van der Waals surface area contributed by atoms with E-state index in [2.05, 4.69) is 50.7 Å². The Morgan fingerprint density at radius 3 is 2.94 bits per heavy atom. The molecule has 0 radical (unpaired) electrons. The monoisotopic (exact) mass is 307 g/mol. The van der Waals surface area contributed by atoms with E-state index in [-0.39, 0.29) is 0 Å². The molecule has 0 aliphatic rings. The topological polar surface area (TPSA) is 43.8 Å². The number of hydrogen-bond acceptors (Lipinski definition) is 3. The number of aromatic nitrogens is 2. The van der Waals surface area contributed by atoms with E-state index in [1.54, 1.807) is 11.3 Å². The number of nitrogens with zero attached hydrogens (tertiary/aromatic N) is 2. The van der Waals surface area contributed by atoms with Gasteiger partial charge >= 0.3 is 0 Å². The first-order valence-corrected chi connectivity index (χ1v) is 6.85. The molecule has 0 fully saturated rings. The first kappa shape index (κ1) is 10.8. The summed E-state index contributed by atoms with van der Waals surface area (Å²) in [5.41, 5.74) is 6.98. The first-order chi connectivity index (χ1) is 8.24. The zero-order valence-corrected chi connectivity index (χ0v) is 11.3. The molecule has 1 aromatic carbocycles. The predicted octanol–water partition coefficient (Wildman–Crippen LogP) is 3.49. The maximum Gasteiger partial charge on any atom is 0.159 e. The average molecular weight is 308 g/mol. The van der Waals surface area contributed by atoms with Gasteiger partial charge in [0.2, 0.25) is 0 Å². The maximum absolute atomic E-state index is 5.71. The Morgan fingerprint density at radius 1 is 1.35 bits per heavy atom. The third-order valence-corrected chi connectivity index (χ3v) is 4.26. The summed E-state index contributed by atoms with van der Waals surface area (Å²) in [5.74, 6) is 0.532. The van der Waals surface area contributed by atoms with Crippen molar-refractivity contribution in [1.29, 1.82) is 0 Å². The minimum Gasteiger partial charge on any atom is -0.381 e. The molecule has 0 amide bonds. The molecule has 3 nitrogen and oxygen atoms in total. The fraction of sp³-hybridized carbons (Fsp3) is 0.0833. The van der Waals surface area contributed by atoms with Crippen LogP contribution in [0.4, 0.5) is 5.82 Å². The van der Waals surface area contributed by atoms with Crippen molar-refractivity contribution in [2.24, 2.45) is 0 Å². The number of fused-ring (bicyclic) bond motifs is 1. The molecule has 0 unspecified atom stereocenters. The van der Waals surface area contributed by atoms with Crippen molar-refractivity contribution in [1.82, 2.24) is 9.78 Å². The number of nitrogen functional groups attached to an aromatic ring is 1. The van der Waals surface area contributed by atoms with Gasteiger partial charge in [0.1, 0.15) is 0 Å². The third kappa shape index (κ3) is 1.96. The first-order valence-electron chi connectivity index (χ1n) is 5.17. The van der Waals surface area contributed by atoms with Gasteiger partial charge in [0.05, 0.1) is 11.0 Å². The zero-order chi connectivity index (χ0) is 11.8. The molecule has 17 heavy (non-hydrogen) atoms. The van der Waals surface area contributed by atoms with Crippen LogP contribution < -0.4 is 5.73 Å². The summed E-state index contributed by atoms with van der Waals surface area (Å²) in [4.78, 5) is 0. The highest BCUT2D eigenvalue weighted by atomic mass is 79.9. The number of anilines is 1. The van der Waals surface area contributed by atoms with E-state index in [1.165, 1.54) is 15.6 Å². The fourth-order valence-electron chi connectivity index (χ4n) is 1.82. The Morgan fingerprint density at radius 2 is 2.18 bits per heavy atom. The molecule has 2 N–H and O–H groups in total. The van der Waals surface area contributed by atoms with E-state index in [0.717, 1.165) is 11.0 Å². The summed E-state index contributed by atoms with van der Waals surface area (Å²) in [5, 5.41) is 7.72. The van der Waals surface area contributed by atoms with Gasteiger partial charge in [-0.3, -0.25) is 4.68 Å². The lowest BCUT2D eigenvalue weighted by atomic mass is 10.2. The molecule has 3 rings (SSSR count). The van der Waals surface area contributed by atoms with Crippen molar-refractivity contribution < 1.29 is 0 Å². The van der Waals surface area contributed by atoms with Crippen LogP contribution in [0.1, 0.15) is 5.56 Å². The van der Waals surface area contributed by atoms with Crippen molar-refractivity contribution >= 4 is 43.2 Å². The summed E-state index contributed by atoms with van der Waals surface area (Å²) in [7, 11) is 0. The van der Waals surface area contributed by atoms with Gasteiger partial charge < -0.3 is 5.73 Å².